The molecule has 0 spiro atoms. The molecule has 0 radical (unpaired) electrons. The van der Waals surface area contributed by atoms with Crippen LogP contribution in [0.3, 0.4) is 0 Å². The quantitative estimate of drug-likeness (QED) is 0.598. The summed E-state index contributed by atoms with van der Waals surface area (Å²) in [6.07, 6.45) is 1.56. The SMILES string of the molecule is CCOC(=O)C1=C(C)N=c2s/c(=C/c3ccccc3C(=O)O)c(=O)n2C1c1cccs1. The first-order valence-corrected chi connectivity index (χ1v) is 11.2. The van der Waals surface area contributed by atoms with Crippen LogP contribution in [0.1, 0.15) is 40.7 Å². The summed E-state index contributed by atoms with van der Waals surface area (Å²) in [4.78, 5) is 43.4. The van der Waals surface area contributed by atoms with E-state index in [1.807, 2.05) is 17.5 Å². The Morgan fingerprint density at radius 3 is 2.71 bits per heavy atom. The van der Waals surface area contributed by atoms with Crippen molar-refractivity contribution in [2.45, 2.75) is 19.9 Å². The molecule has 0 saturated carbocycles. The maximum atomic E-state index is 13.4. The van der Waals surface area contributed by atoms with E-state index in [9.17, 15) is 19.5 Å². The minimum Gasteiger partial charge on any atom is -0.478 e. The molecule has 0 aliphatic carbocycles. The van der Waals surface area contributed by atoms with E-state index in [1.54, 1.807) is 38.1 Å². The van der Waals surface area contributed by atoms with Crippen LogP contribution < -0.4 is 14.9 Å². The number of hydrogen-bond acceptors (Lipinski definition) is 7. The van der Waals surface area contributed by atoms with Crippen LogP contribution in [-0.2, 0) is 9.53 Å². The number of hydrogen-bond donors (Lipinski definition) is 1. The largest absolute Gasteiger partial charge is 0.478 e. The zero-order valence-electron chi connectivity index (χ0n) is 16.7. The lowest BCUT2D eigenvalue weighted by molar-refractivity contribution is -0.139. The molecule has 1 N–H and O–H groups in total. The minimum absolute atomic E-state index is 0.103. The molecule has 0 saturated heterocycles. The number of carboxylic acids is 1. The van der Waals surface area contributed by atoms with Gasteiger partial charge in [0, 0.05) is 4.88 Å². The fourth-order valence-electron chi connectivity index (χ4n) is 3.47. The molecular weight excluding hydrogens is 436 g/mol. The van der Waals surface area contributed by atoms with Gasteiger partial charge >= 0.3 is 11.9 Å². The molecule has 3 aromatic rings. The third kappa shape index (κ3) is 3.77. The van der Waals surface area contributed by atoms with E-state index in [0.29, 0.717) is 26.2 Å². The van der Waals surface area contributed by atoms with Crippen LogP contribution in [0.15, 0.2) is 62.8 Å². The molecule has 158 valence electrons. The van der Waals surface area contributed by atoms with Gasteiger partial charge in [-0.3, -0.25) is 9.36 Å². The fourth-order valence-corrected chi connectivity index (χ4v) is 5.33. The lowest BCUT2D eigenvalue weighted by atomic mass is 10.0. The number of aromatic nitrogens is 1. The van der Waals surface area contributed by atoms with Gasteiger partial charge in [0.1, 0.15) is 6.04 Å². The molecule has 9 heteroatoms. The topological polar surface area (TPSA) is 98.0 Å². The van der Waals surface area contributed by atoms with Crippen molar-refractivity contribution in [3.05, 3.63) is 88.7 Å². The molecule has 2 aromatic heterocycles. The molecule has 0 amide bonds. The summed E-state index contributed by atoms with van der Waals surface area (Å²) >= 11 is 2.60. The molecule has 1 unspecified atom stereocenters. The lowest BCUT2D eigenvalue weighted by Crippen LogP contribution is -2.39. The second-order valence-electron chi connectivity index (χ2n) is 6.71. The van der Waals surface area contributed by atoms with Gasteiger partial charge < -0.3 is 9.84 Å². The summed E-state index contributed by atoms with van der Waals surface area (Å²) in [5, 5.41) is 11.3. The Bertz CT molecular complexity index is 1380. The third-order valence-corrected chi connectivity index (χ3v) is 6.72. The Labute approximate surface area is 184 Å². The van der Waals surface area contributed by atoms with Crippen molar-refractivity contribution in [3.63, 3.8) is 0 Å². The van der Waals surface area contributed by atoms with E-state index in [2.05, 4.69) is 4.99 Å². The number of carbonyl (C=O) groups is 2. The highest BCUT2D eigenvalue weighted by Crippen LogP contribution is 2.33. The normalized spacial score (nSPS) is 16.1. The van der Waals surface area contributed by atoms with E-state index in [-0.39, 0.29) is 17.7 Å². The highest BCUT2D eigenvalue weighted by molar-refractivity contribution is 7.10. The van der Waals surface area contributed by atoms with Crippen LogP contribution in [0.4, 0.5) is 0 Å². The van der Waals surface area contributed by atoms with Crippen molar-refractivity contribution in [3.8, 4) is 0 Å². The number of thiazole rings is 1. The molecule has 3 heterocycles. The van der Waals surface area contributed by atoms with Gasteiger partial charge in [-0.05, 0) is 43.0 Å². The van der Waals surface area contributed by atoms with Gasteiger partial charge in [-0.15, -0.1) is 11.3 Å². The Balaban J connectivity index is 1.96. The second-order valence-corrected chi connectivity index (χ2v) is 8.70. The Morgan fingerprint density at radius 1 is 1.26 bits per heavy atom. The van der Waals surface area contributed by atoms with E-state index in [0.717, 1.165) is 16.2 Å². The third-order valence-electron chi connectivity index (χ3n) is 4.81. The predicted molar refractivity (Wildman–Crippen MR) is 118 cm³/mol. The van der Waals surface area contributed by atoms with Crippen LogP contribution in [0, 0.1) is 0 Å². The van der Waals surface area contributed by atoms with Crippen LogP contribution in [0.2, 0.25) is 0 Å². The first kappa shape index (κ1) is 21.0. The van der Waals surface area contributed by atoms with Gasteiger partial charge in [0.05, 0.1) is 28.0 Å². The summed E-state index contributed by atoms with van der Waals surface area (Å²) in [6.45, 7) is 3.66. The number of esters is 1. The zero-order valence-corrected chi connectivity index (χ0v) is 18.3. The van der Waals surface area contributed by atoms with E-state index < -0.39 is 18.0 Å². The predicted octanol–water partition coefficient (Wildman–Crippen LogP) is 2.56. The zero-order chi connectivity index (χ0) is 22.1. The number of benzene rings is 1. The standard InChI is InChI=1S/C22H18N2O5S2/c1-3-29-21(28)17-12(2)23-22-24(18(17)15-9-6-10-30-15)19(25)16(31-22)11-13-7-4-5-8-14(13)20(26)27/h4-11,18H,3H2,1-2H3,(H,26,27)/b16-11+. The number of aromatic carboxylic acids is 1. The van der Waals surface area contributed by atoms with Crippen molar-refractivity contribution < 1.29 is 19.4 Å². The smallest absolute Gasteiger partial charge is 0.338 e. The molecule has 1 aliphatic rings. The van der Waals surface area contributed by atoms with Gasteiger partial charge in [0.15, 0.2) is 4.80 Å². The monoisotopic (exact) mass is 454 g/mol. The minimum atomic E-state index is -1.07. The van der Waals surface area contributed by atoms with Crippen molar-refractivity contribution in [2.24, 2.45) is 4.99 Å². The summed E-state index contributed by atoms with van der Waals surface area (Å²) in [6, 6.07) is 9.56. The number of thiophene rings is 1. The molecule has 7 nitrogen and oxygen atoms in total. The van der Waals surface area contributed by atoms with Crippen molar-refractivity contribution in [1.29, 1.82) is 0 Å². The number of carbonyl (C=O) groups excluding carboxylic acids is 1. The van der Waals surface area contributed by atoms with Gasteiger partial charge in [0.2, 0.25) is 0 Å². The first-order chi connectivity index (χ1) is 14.9. The Hall–Kier alpha value is -3.30. The van der Waals surface area contributed by atoms with Crippen LogP contribution in [-0.4, -0.2) is 28.2 Å². The van der Waals surface area contributed by atoms with Crippen LogP contribution in [0.25, 0.3) is 6.08 Å². The molecule has 1 atom stereocenters. The number of fused-ring (bicyclic) bond motifs is 1. The molecule has 1 aliphatic heterocycles. The number of carboxylic acid groups (broad SMARTS) is 1. The average Bonchev–Trinajstić information content (AvgIpc) is 3.36. The lowest BCUT2D eigenvalue weighted by Gasteiger charge is -2.23. The molecule has 31 heavy (non-hydrogen) atoms. The summed E-state index contributed by atoms with van der Waals surface area (Å²) in [5.74, 6) is -1.58. The number of ether oxygens (including phenoxy) is 1. The second kappa shape index (κ2) is 8.44. The molecule has 0 bridgehead atoms. The van der Waals surface area contributed by atoms with Crippen LogP contribution in [0.5, 0.6) is 0 Å². The summed E-state index contributed by atoms with van der Waals surface area (Å²) in [5.41, 5.74) is 1.02. The Morgan fingerprint density at radius 2 is 2.03 bits per heavy atom. The maximum Gasteiger partial charge on any atom is 0.338 e. The average molecular weight is 455 g/mol. The van der Waals surface area contributed by atoms with Crippen molar-refractivity contribution in [2.75, 3.05) is 6.61 Å². The number of allylic oxidation sites excluding steroid dienone is 1. The van der Waals surface area contributed by atoms with Crippen LogP contribution >= 0.6 is 22.7 Å². The Kier molecular flexibility index (Phi) is 5.71. The van der Waals surface area contributed by atoms with Gasteiger partial charge in [0.25, 0.3) is 5.56 Å². The highest BCUT2D eigenvalue weighted by atomic mass is 32.1. The van der Waals surface area contributed by atoms with E-state index >= 15 is 0 Å². The van der Waals surface area contributed by atoms with Crippen molar-refractivity contribution >= 4 is 40.7 Å². The van der Waals surface area contributed by atoms with E-state index in [4.69, 9.17) is 4.74 Å². The highest BCUT2D eigenvalue weighted by Gasteiger charge is 2.33. The molecule has 1 aromatic carbocycles. The molecular formula is C22H18N2O5S2. The number of nitrogens with zero attached hydrogens (tertiary/aromatic N) is 2. The molecule has 4 rings (SSSR count). The number of rotatable bonds is 5. The maximum absolute atomic E-state index is 13.4. The van der Waals surface area contributed by atoms with Gasteiger partial charge in [-0.2, -0.15) is 0 Å². The first-order valence-electron chi connectivity index (χ1n) is 9.47. The summed E-state index contributed by atoms with van der Waals surface area (Å²) in [7, 11) is 0. The molecule has 0 fully saturated rings. The fraction of sp³-hybridized carbons (Fsp3) is 0.182. The van der Waals surface area contributed by atoms with Gasteiger partial charge in [-0.25, -0.2) is 14.6 Å². The summed E-state index contributed by atoms with van der Waals surface area (Å²) < 4.78 is 7.07. The van der Waals surface area contributed by atoms with Crippen molar-refractivity contribution in [1.82, 2.24) is 4.57 Å². The van der Waals surface area contributed by atoms with E-state index in [1.165, 1.54) is 22.0 Å². The van der Waals surface area contributed by atoms with Gasteiger partial charge in [-0.1, -0.05) is 35.6 Å².